The van der Waals surface area contributed by atoms with E-state index in [2.05, 4.69) is 112 Å². The number of hydrogen-bond donors (Lipinski definition) is 2. The third-order valence-corrected chi connectivity index (χ3v) is 1.48. The molecule has 0 aromatic rings. The van der Waals surface area contributed by atoms with Crippen LogP contribution < -0.4 is 10.6 Å². The van der Waals surface area contributed by atoms with Crippen LogP contribution in [0.2, 0.25) is 0 Å². The molecule has 0 aromatic carbocycles. The van der Waals surface area contributed by atoms with Gasteiger partial charge in [0.05, 0.1) is 0 Å². The summed E-state index contributed by atoms with van der Waals surface area (Å²) in [6.07, 6.45) is 0.371. The van der Waals surface area contributed by atoms with Crippen molar-refractivity contribution in [3.8, 4) is 107 Å². The van der Waals surface area contributed by atoms with Crippen molar-refractivity contribution in [3.63, 3.8) is 0 Å². The van der Waals surface area contributed by atoms with E-state index in [-0.39, 0.29) is 0 Å². The maximum atomic E-state index is 11.1. The molecule has 25 heavy (non-hydrogen) atoms. The second-order valence-corrected chi connectivity index (χ2v) is 3.09. The fraction of sp³-hybridized carbons (Fsp3) is 0.0476. The van der Waals surface area contributed by atoms with Crippen molar-refractivity contribution in [2.24, 2.45) is 0 Å². The van der Waals surface area contributed by atoms with Gasteiger partial charge in [0, 0.05) is 18.0 Å². The summed E-state index contributed by atoms with van der Waals surface area (Å²) in [6, 6.07) is 4.31. The Morgan fingerprint density at radius 3 is 1.56 bits per heavy atom. The maximum Gasteiger partial charge on any atom is 0.308 e. The molecule has 0 aliphatic rings. The van der Waals surface area contributed by atoms with Gasteiger partial charge in [-0.3, -0.25) is 20.2 Å². The summed E-state index contributed by atoms with van der Waals surface area (Å²) in [6.45, 7) is 1.68. The Kier molecular flexibility index (Phi) is 13.6. The lowest BCUT2D eigenvalue weighted by atomic mass is 10.4. The summed E-state index contributed by atoms with van der Waals surface area (Å²) in [5.74, 6) is 38.2. The van der Waals surface area contributed by atoms with Crippen molar-refractivity contribution in [2.75, 3.05) is 0 Å². The van der Waals surface area contributed by atoms with E-state index in [9.17, 15) is 9.59 Å². The topological polar surface area (TPSA) is 58.2 Å². The highest BCUT2D eigenvalue weighted by Crippen LogP contribution is 1.60. The van der Waals surface area contributed by atoms with E-state index in [1.165, 1.54) is 0 Å². The molecule has 2 N–H and O–H groups in total. The highest BCUT2D eigenvalue weighted by molar-refractivity contribution is 5.95. The second kappa shape index (κ2) is 17.0. The van der Waals surface area contributed by atoms with Crippen molar-refractivity contribution in [3.05, 3.63) is 0 Å². The summed E-state index contributed by atoms with van der Waals surface area (Å²) in [4.78, 5) is 20.9. The van der Waals surface area contributed by atoms with Gasteiger partial charge in [0.1, 0.15) is 0 Å². The molecule has 0 aliphatic carbocycles. The van der Waals surface area contributed by atoms with Crippen LogP contribution in [0.1, 0.15) is 6.92 Å². The lowest BCUT2D eigenvalue weighted by molar-refractivity contribution is -0.114. The molecule has 0 saturated heterocycles. The van der Waals surface area contributed by atoms with Crippen molar-refractivity contribution in [1.29, 1.82) is 0 Å². The van der Waals surface area contributed by atoms with E-state index in [0.717, 1.165) is 0 Å². The van der Waals surface area contributed by atoms with Crippen LogP contribution in [0.4, 0.5) is 0 Å². The van der Waals surface area contributed by atoms with Crippen molar-refractivity contribution >= 4 is 12.3 Å². The Hall–Kier alpha value is -5.02. The van der Waals surface area contributed by atoms with Crippen LogP contribution in [0.3, 0.4) is 0 Å². The van der Waals surface area contributed by atoms with E-state index in [1.807, 2.05) is 5.32 Å². The molecule has 4 heteroatoms. The Morgan fingerprint density at radius 1 is 0.680 bits per heavy atom. The van der Waals surface area contributed by atoms with Gasteiger partial charge in [-0.2, -0.15) is 0 Å². The largest absolute Gasteiger partial charge is 0.308 e. The molecule has 2 amide bonds. The minimum atomic E-state index is -0.662. The molecular formula is C21H6N2O2. The SMILES string of the molecule is CC#CC#CC#CC#CC#CC#CC#CC#CC(=O)NC#CNC=O. The van der Waals surface area contributed by atoms with Gasteiger partial charge in [-0.25, -0.2) is 0 Å². The van der Waals surface area contributed by atoms with Crippen LogP contribution in [-0.2, 0) is 9.59 Å². The Balaban J connectivity index is 4.36. The molecule has 0 radical (unpaired) electrons. The lowest BCUT2D eigenvalue weighted by Crippen LogP contribution is -2.16. The molecule has 0 saturated carbocycles. The predicted molar refractivity (Wildman–Crippen MR) is 93.0 cm³/mol. The van der Waals surface area contributed by atoms with Gasteiger partial charge in [-0.1, -0.05) is 5.92 Å². The smallest absolute Gasteiger partial charge is 0.286 e. The zero-order chi connectivity index (χ0) is 18.4. The first kappa shape index (κ1) is 20.0. The van der Waals surface area contributed by atoms with Gasteiger partial charge in [0.25, 0.3) is 0 Å². The molecule has 0 bridgehead atoms. The summed E-state index contributed by atoms with van der Waals surface area (Å²) in [5, 5.41) is 4.14. The van der Waals surface area contributed by atoms with Crippen LogP contribution in [-0.4, -0.2) is 12.3 Å². The van der Waals surface area contributed by atoms with Gasteiger partial charge in [-0.05, 0) is 89.8 Å². The van der Waals surface area contributed by atoms with Gasteiger partial charge in [0.15, 0.2) is 0 Å². The summed E-state index contributed by atoms with van der Waals surface area (Å²) in [5.41, 5.74) is 0. The number of carbonyl (C=O) groups is 2. The molecule has 0 aliphatic heterocycles. The number of nitrogens with one attached hydrogen (secondary N) is 2. The van der Waals surface area contributed by atoms with Crippen LogP contribution >= 0.6 is 0 Å². The highest BCUT2D eigenvalue weighted by atomic mass is 16.1. The first-order chi connectivity index (χ1) is 12.3. The average Bonchev–Trinajstić information content (AvgIpc) is 2.62. The molecule has 0 heterocycles. The number of carbonyl (C=O) groups excluding carboxylic acids is 2. The minimum absolute atomic E-state index is 0.371. The molecule has 0 rings (SSSR count). The molecule has 0 fully saturated rings. The summed E-state index contributed by atoms with van der Waals surface area (Å²) >= 11 is 0. The lowest BCUT2D eigenvalue weighted by Gasteiger charge is -1.82. The van der Waals surface area contributed by atoms with Crippen molar-refractivity contribution in [1.82, 2.24) is 10.6 Å². The highest BCUT2D eigenvalue weighted by Gasteiger charge is 1.86. The number of rotatable bonds is 1. The molecule has 0 unspecified atom stereocenters. The van der Waals surface area contributed by atoms with Gasteiger partial charge in [-0.15, -0.1) is 0 Å². The predicted octanol–water partition coefficient (Wildman–Crippen LogP) is -1.19. The van der Waals surface area contributed by atoms with Gasteiger partial charge in [0.2, 0.25) is 6.41 Å². The molecule has 0 spiro atoms. The van der Waals surface area contributed by atoms with Crippen LogP contribution in [0, 0.1) is 107 Å². The normalized spacial score (nSPS) is 4.84. The molecule has 112 valence electrons. The van der Waals surface area contributed by atoms with E-state index in [4.69, 9.17) is 0 Å². The standard InChI is InChI=1S/C21H6N2O2/c1-2-3-4-5-6-7-8-9-10-11-12-13-14-15-16-17-21(25)23-19-18-22-20-24/h20H,1H3,(H,22,24)(H,23,25). The van der Waals surface area contributed by atoms with Gasteiger partial charge >= 0.3 is 5.91 Å². The second-order valence-electron chi connectivity index (χ2n) is 3.09. The van der Waals surface area contributed by atoms with Crippen LogP contribution in [0.25, 0.3) is 0 Å². The van der Waals surface area contributed by atoms with Gasteiger partial charge < -0.3 is 0 Å². The quantitative estimate of drug-likeness (QED) is 0.363. The number of amides is 2. The third kappa shape index (κ3) is 16.9. The Bertz CT molecular complexity index is 1090. The third-order valence-electron chi connectivity index (χ3n) is 1.48. The monoisotopic (exact) mass is 318 g/mol. The summed E-state index contributed by atoms with van der Waals surface area (Å²) in [7, 11) is 0. The Labute approximate surface area is 146 Å². The van der Waals surface area contributed by atoms with E-state index >= 15 is 0 Å². The fourth-order valence-electron chi connectivity index (χ4n) is 0.710. The van der Waals surface area contributed by atoms with E-state index in [1.54, 1.807) is 6.92 Å². The van der Waals surface area contributed by atoms with E-state index < -0.39 is 5.91 Å². The van der Waals surface area contributed by atoms with Crippen LogP contribution in [0.15, 0.2) is 0 Å². The van der Waals surface area contributed by atoms with Crippen LogP contribution in [0.5, 0.6) is 0 Å². The average molecular weight is 318 g/mol. The maximum absolute atomic E-state index is 11.1. The fourth-order valence-corrected chi connectivity index (χ4v) is 0.710. The summed E-state index contributed by atoms with van der Waals surface area (Å²) < 4.78 is 0. The molecule has 0 atom stereocenters. The zero-order valence-electron chi connectivity index (χ0n) is 12.9. The molecular weight excluding hydrogens is 312 g/mol. The van der Waals surface area contributed by atoms with Crippen molar-refractivity contribution in [2.45, 2.75) is 6.92 Å². The Morgan fingerprint density at radius 2 is 1.12 bits per heavy atom. The first-order valence-electron chi connectivity index (χ1n) is 6.23. The number of hydrogen-bond acceptors (Lipinski definition) is 2. The van der Waals surface area contributed by atoms with E-state index in [0.29, 0.717) is 6.41 Å². The minimum Gasteiger partial charge on any atom is -0.286 e. The molecule has 4 nitrogen and oxygen atoms in total. The first-order valence-corrected chi connectivity index (χ1v) is 6.23. The van der Waals surface area contributed by atoms with Crippen molar-refractivity contribution < 1.29 is 9.59 Å². The zero-order valence-corrected chi connectivity index (χ0v) is 12.9. The molecule has 0 aromatic heterocycles.